The van der Waals surface area contributed by atoms with Crippen molar-refractivity contribution in [2.24, 2.45) is 0 Å². The molecule has 0 aliphatic heterocycles. The normalized spacial score (nSPS) is 13.3. The molecule has 0 saturated heterocycles. The highest BCUT2D eigenvalue weighted by Gasteiger charge is 2.24. The molecule has 0 aliphatic rings. The van der Waals surface area contributed by atoms with Gasteiger partial charge in [-0.05, 0) is 49.6 Å². The Kier molecular flexibility index (Phi) is 5.25. The summed E-state index contributed by atoms with van der Waals surface area (Å²) in [6.45, 7) is 3.68. The Morgan fingerprint density at radius 2 is 2.17 bits per heavy atom. The second-order valence-corrected chi connectivity index (χ2v) is 7.97. The first-order chi connectivity index (χ1) is 14.0. The van der Waals surface area contributed by atoms with Gasteiger partial charge in [-0.25, -0.2) is 0 Å². The number of H-pyrrole nitrogens is 1. The first-order valence-corrected chi connectivity index (χ1v) is 10.4. The fraction of sp³-hybridized carbons (Fsp3) is 0.250. The number of ether oxygens (including phenoxy) is 1. The molecule has 0 radical (unpaired) electrons. The van der Waals surface area contributed by atoms with Crippen LogP contribution in [0.5, 0.6) is 5.75 Å². The Balaban J connectivity index is 1.57. The zero-order valence-corrected chi connectivity index (χ0v) is 17.8. The average molecular weight is 429 g/mol. The van der Waals surface area contributed by atoms with Gasteiger partial charge in [0.1, 0.15) is 11.8 Å². The maximum Gasteiger partial charge on any atom is 0.243 e. The summed E-state index contributed by atoms with van der Waals surface area (Å²) in [5.41, 5.74) is 0.663. The van der Waals surface area contributed by atoms with Gasteiger partial charge in [-0.15, -0.1) is 11.3 Å². The van der Waals surface area contributed by atoms with Crippen molar-refractivity contribution >= 4 is 40.4 Å². The van der Waals surface area contributed by atoms with E-state index in [9.17, 15) is 4.79 Å². The molecule has 1 aromatic carbocycles. The van der Waals surface area contributed by atoms with Crippen LogP contribution in [0.4, 0.5) is 0 Å². The van der Waals surface area contributed by atoms with E-state index in [4.69, 9.17) is 21.4 Å². The number of benzene rings is 1. The SMILES string of the molecule is COc1cccc2cc(C(C)NC(=O)C(C)n3c(-c4cccs4)n[nH]c3=S)oc12. The number of fused-ring (bicyclic) bond motifs is 1. The van der Waals surface area contributed by atoms with Gasteiger partial charge in [0, 0.05) is 5.39 Å². The minimum atomic E-state index is -0.542. The van der Waals surface area contributed by atoms with Gasteiger partial charge in [0.05, 0.1) is 18.0 Å². The monoisotopic (exact) mass is 428 g/mol. The van der Waals surface area contributed by atoms with Crippen LogP contribution in [0.1, 0.15) is 31.7 Å². The number of methoxy groups -OCH3 is 1. The minimum Gasteiger partial charge on any atom is -0.493 e. The highest BCUT2D eigenvalue weighted by Crippen LogP contribution is 2.31. The summed E-state index contributed by atoms with van der Waals surface area (Å²) >= 11 is 6.90. The van der Waals surface area contributed by atoms with Crippen LogP contribution in [-0.2, 0) is 4.79 Å². The Morgan fingerprint density at radius 1 is 1.34 bits per heavy atom. The van der Waals surface area contributed by atoms with Crippen molar-refractivity contribution < 1.29 is 13.9 Å². The first-order valence-electron chi connectivity index (χ1n) is 9.07. The summed E-state index contributed by atoms with van der Waals surface area (Å²) in [4.78, 5) is 13.9. The number of carbonyl (C=O) groups is 1. The molecular weight excluding hydrogens is 408 g/mol. The Labute approximate surface area is 176 Å². The number of para-hydroxylation sites is 1. The van der Waals surface area contributed by atoms with Crippen LogP contribution in [0.2, 0.25) is 0 Å². The predicted octanol–water partition coefficient (Wildman–Crippen LogP) is 4.86. The van der Waals surface area contributed by atoms with Crippen LogP contribution >= 0.6 is 23.6 Å². The summed E-state index contributed by atoms with van der Waals surface area (Å²) in [7, 11) is 1.60. The van der Waals surface area contributed by atoms with E-state index in [0.29, 0.717) is 27.7 Å². The number of nitrogens with zero attached hydrogens (tertiary/aromatic N) is 2. The second-order valence-electron chi connectivity index (χ2n) is 6.63. The smallest absolute Gasteiger partial charge is 0.243 e. The van der Waals surface area contributed by atoms with Crippen LogP contribution in [0.15, 0.2) is 46.2 Å². The predicted molar refractivity (Wildman–Crippen MR) is 115 cm³/mol. The zero-order valence-electron chi connectivity index (χ0n) is 16.1. The van der Waals surface area contributed by atoms with Crippen LogP contribution in [-0.4, -0.2) is 27.8 Å². The highest BCUT2D eigenvalue weighted by atomic mass is 32.1. The number of rotatable bonds is 6. The van der Waals surface area contributed by atoms with Gasteiger partial charge in [-0.3, -0.25) is 14.5 Å². The van der Waals surface area contributed by atoms with E-state index >= 15 is 0 Å². The molecule has 3 aromatic heterocycles. The van der Waals surface area contributed by atoms with Crippen LogP contribution in [0.25, 0.3) is 21.7 Å². The molecule has 4 aromatic rings. The lowest BCUT2D eigenvalue weighted by molar-refractivity contribution is -0.124. The van der Waals surface area contributed by atoms with Crippen LogP contribution in [0.3, 0.4) is 0 Å². The summed E-state index contributed by atoms with van der Waals surface area (Å²) in [6, 6.07) is 10.6. The summed E-state index contributed by atoms with van der Waals surface area (Å²) in [6.07, 6.45) is 0. The molecule has 2 atom stereocenters. The number of hydrogen-bond acceptors (Lipinski definition) is 6. The number of aromatic amines is 1. The molecule has 0 spiro atoms. The molecule has 9 heteroatoms. The molecule has 0 saturated carbocycles. The number of thiophene rings is 1. The molecule has 7 nitrogen and oxygen atoms in total. The number of aromatic nitrogens is 3. The fourth-order valence-electron chi connectivity index (χ4n) is 3.20. The van der Waals surface area contributed by atoms with Crippen molar-refractivity contribution in [2.45, 2.75) is 25.9 Å². The number of furan rings is 1. The summed E-state index contributed by atoms with van der Waals surface area (Å²) in [5.74, 6) is 1.78. The minimum absolute atomic E-state index is 0.180. The van der Waals surface area contributed by atoms with E-state index < -0.39 is 6.04 Å². The summed E-state index contributed by atoms with van der Waals surface area (Å²) < 4.78 is 13.4. The Bertz CT molecular complexity index is 1210. The second kappa shape index (κ2) is 7.84. The maximum absolute atomic E-state index is 13.0. The van der Waals surface area contributed by atoms with Gasteiger partial charge >= 0.3 is 0 Å². The number of nitrogens with one attached hydrogen (secondary N) is 2. The molecule has 2 unspecified atom stereocenters. The quantitative estimate of drug-likeness (QED) is 0.428. The molecular formula is C20H20N4O3S2. The number of amides is 1. The fourth-order valence-corrected chi connectivity index (χ4v) is 4.20. The van der Waals surface area contributed by atoms with E-state index in [1.165, 1.54) is 0 Å². The first kappa shape index (κ1) is 19.4. The van der Waals surface area contributed by atoms with Crippen molar-refractivity contribution in [1.29, 1.82) is 0 Å². The van der Waals surface area contributed by atoms with Gasteiger partial charge in [-0.2, -0.15) is 5.10 Å². The van der Waals surface area contributed by atoms with Gasteiger partial charge < -0.3 is 14.5 Å². The third-order valence-corrected chi connectivity index (χ3v) is 5.90. The average Bonchev–Trinajstić information content (AvgIpc) is 3.45. The topological polar surface area (TPSA) is 85.1 Å². The number of hydrogen-bond donors (Lipinski definition) is 2. The van der Waals surface area contributed by atoms with E-state index in [2.05, 4.69) is 15.5 Å². The highest BCUT2D eigenvalue weighted by molar-refractivity contribution is 7.71. The van der Waals surface area contributed by atoms with Crippen molar-refractivity contribution in [1.82, 2.24) is 20.1 Å². The molecule has 4 rings (SSSR count). The van der Waals surface area contributed by atoms with E-state index in [1.54, 1.807) is 29.9 Å². The number of carbonyl (C=O) groups excluding carboxylic acids is 1. The molecule has 0 aliphatic carbocycles. The third-order valence-electron chi connectivity index (χ3n) is 4.75. The lowest BCUT2D eigenvalue weighted by Gasteiger charge is -2.18. The standard InChI is InChI=1S/C20H20N4O3S2/c1-11(15-10-13-6-4-7-14(26-3)17(13)27-15)21-19(25)12(2)24-18(22-23-20(24)28)16-8-5-9-29-16/h4-12H,1-3H3,(H,21,25)(H,23,28). The zero-order chi connectivity index (χ0) is 20.5. The molecule has 150 valence electrons. The Morgan fingerprint density at radius 3 is 2.90 bits per heavy atom. The van der Waals surface area contributed by atoms with Crippen molar-refractivity contribution in [2.75, 3.05) is 7.11 Å². The molecule has 1 amide bonds. The van der Waals surface area contributed by atoms with Gasteiger partial charge in [0.25, 0.3) is 0 Å². The third kappa shape index (κ3) is 3.58. The van der Waals surface area contributed by atoms with Gasteiger partial charge in [-0.1, -0.05) is 18.2 Å². The Hall–Kier alpha value is -2.91. The summed E-state index contributed by atoms with van der Waals surface area (Å²) in [5, 5.41) is 13.0. The molecule has 0 bridgehead atoms. The molecule has 29 heavy (non-hydrogen) atoms. The van der Waals surface area contributed by atoms with Gasteiger partial charge in [0.2, 0.25) is 5.91 Å². The maximum atomic E-state index is 13.0. The van der Waals surface area contributed by atoms with E-state index in [1.807, 2.05) is 48.7 Å². The molecule has 2 N–H and O–H groups in total. The lowest BCUT2D eigenvalue weighted by Crippen LogP contribution is -2.33. The van der Waals surface area contributed by atoms with E-state index in [-0.39, 0.29) is 11.9 Å². The van der Waals surface area contributed by atoms with Crippen LogP contribution < -0.4 is 10.1 Å². The van der Waals surface area contributed by atoms with Crippen LogP contribution in [0, 0.1) is 4.77 Å². The van der Waals surface area contributed by atoms with Crippen molar-refractivity contribution in [3.05, 3.63) is 52.3 Å². The largest absolute Gasteiger partial charge is 0.493 e. The lowest BCUT2D eigenvalue weighted by atomic mass is 10.2. The van der Waals surface area contributed by atoms with Gasteiger partial charge in [0.15, 0.2) is 21.9 Å². The van der Waals surface area contributed by atoms with E-state index in [0.717, 1.165) is 10.3 Å². The molecule has 0 fully saturated rings. The van der Waals surface area contributed by atoms with Crippen molar-refractivity contribution in [3.63, 3.8) is 0 Å². The molecule has 3 heterocycles. The van der Waals surface area contributed by atoms with Crippen molar-refractivity contribution in [3.8, 4) is 16.5 Å².